The Kier molecular flexibility index (Phi) is 9.02. The maximum absolute atomic E-state index is 5.38. The largest absolute Gasteiger partial charge is 0.290 e. The summed E-state index contributed by atoms with van der Waals surface area (Å²) in [4.78, 5) is 26.5. The van der Waals surface area contributed by atoms with Gasteiger partial charge in [-0.2, -0.15) is 9.97 Å². The first kappa shape index (κ1) is 36.0. The molecule has 8 heteroatoms. The summed E-state index contributed by atoms with van der Waals surface area (Å²) < 4.78 is 4.19. The highest BCUT2D eigenvalue weighted by atomic mass is 28.3. The lowest BCUT2D eigenvalue weighted by Crippen LogP contribution is -2.74. The molecule has 0 atom stereocenters. The van der Waals surface area contributed by atoms with Gasteiger partial charge in [0.25, 0.3) is 0 Å². The summed E-state index contributed by atoms with van der Waals surface area (Å²) in [7, 11) is -2.88. The first-order chi connectivity index (χ1) is 30.3. The Morgan fingerprint density at radius 1 is 0.311 bits per heavy atom. The molecular formula is C53H37N7Si. The molecule has 0 spiro atoms. The molecule has 0 bridgehead atoms. The molecule has 11 rings (SSSR count). The van der Waals surface area contributed by atoms with Crippen LogP contribution in [0.2, 0.25) is 0 Å². The van der Waals surface area contributed by atoms with Crippen LogP contribution >= 0.6 is 0 Å². The van der Waals surface area contributed by atoms with Crippen molar-refractivity contribution in [3.05, 3.63) is 224 Å². The molecular weight excluding hydrogens is 763 g/mol. The molecule has 11 aromatic rings. The third-order valence-electron chi connectivity index (χ3n) is 11.4. The number of aromatic nitrogens is 7. The molecule has 3 heterocycles. The minimum atomic E-state index is -2.88. The highest BCUT2D eigenvalue weighted by Crippen LogP contribution is 2.32. The highest BCUT2D eigenvalue weighted by Gasteiger charge is 2.41. The fourth-order valence-electron chi connectivity index (χ4n) is 8.67. The van der Waals surface area contributed by atoms with Crippen molar-refractivity contribution in [2.75, 3.05) is 0 Å². The van der Waals surface area contributed by atoms with E-state index in [2.05, 4.69) is 161 Å². The fourth-order valence-corrected chi connectivity index (χ4v) is 13.5. The molecule has 8 aromatic carbocycles. The smallest absolute Gasteiger partial charge is 0.240 e. The summed E-state index contributed by atoms with van der Waals surface area (Å²) in [6.07, 6.45) is 0. The van der Waals surface area contributed by atoms with E-state index in [1.165, 1.54) is 20.7 Å². The van der Waals surface area contributed by atoms with Gasteiger partial charge in [0, 0.05) is 16.8 Å². The number of benzene rings is 8. The van der Waals surface area contributed by atoms with Crippen LogP contribution in [-0.4, -0.2) is 42.1 Å². The van der Waals surface area contributed by atoms with E-state index in [1.54, 1.807) is 0 Å². The van der Waals surface area contributed by atoms with Crippen LogP contribution in [0, 0.1) is 0 Å². The van der Waals surface area contributed by atoms with Crippen molar-refractivity contribution < 1.29 is 0 Å². The number of para-hydroxylation sites is 5. The van der Waals surface area contributed by atoms with Gasteiger partial charge in [0.1, 0.15) is 5.82 Å². The number of fused-ring (bicyclic) bond motifs is 2. The third kappa shape index (κ3) is 6.25. The molecule has 61 heavy (non-hydrogen) atoms. The second-order valence-corrected chi connectivity index (χ2v) is 18.7. The van der Waals surface area contributed by atoms with Crippen LogP contribution in [0.15, 0.2) is 224 Å². The lowest BCUT2D eigenvalue weighted by Gasteiger charge is -2.34. The van der Waals surface area contributed by atoms with Gasteiger partial charge in [-0.15, -0.1) is 0 Å². The molecule has 0 aliphatic heterocycles. The van der Waals surface area contributed by atoms with Crippen molar-refractivity contribution >= 4 is 50.9 Å². The molecule has 0 saturated carbocycles. The van der Waals surface area contributed by atoms with Crippen LogP contribution in [0.1, 0.15) is 0 Å². The summed E-state index contributed by atoms with van der Waals surface area (Å²) in [6.45, 7) is 0. The van der Waals surface area contributed by atoms with Crippen LogP contribution < -0.4 is 20.7 Å². The van der Waals surface area contributed by atoms with Crippen LogP contribution in [0.25, 0.3) is 68.1 Å². The summed E-state index contributed by atoms with van der Waals surface area (Å²) in [5.74, 6) is 2.77. The van der Waals surface area contributed by atoms with Gasteiger partial charge in [0.15, 0.2) is 19.7 Å². The first-order valence-electron chi connectivity index (χ1n) is 20.4. The summed E-state index contributed by atoms with van der Waals surface area (Å²) >= 11 is 0. The van der Waals surface area contributed by atoms with E-state index in [9.17, 15) is 0 Å². The van der Waals surface area contributed by atoms with Crippen molar-refractivity contribution in [1.82, 2.24) is 34.1 Å². The zero-order chi connectivity index (χ0) is 40.6. The standard InChI is InChI=1S/C53H37N7Si/c1-6-21-38(22-7-1)51-54-46-34-17-19-36-48(46)60(51)53-57-49(56-50(58-53)52-55-45-33-16-18-35-47(45)59(52)40-24-8-2-9-25-40)39-23-20-32-44(37-39)61(41-26-10-3-11-27-41,42-28-12-4-13-29-42)43-30-14-5-15-31-43/h1-37H. The van der Waals surface area contributed by atoms with Gasteiger partial charge in [-0.25, -0.2) is 15.0 Å². The predicted octanol–water partition coefficient (Wildman–Crippen LogP) is 8.93. The second kappa shape index (κ2) is 15.3. The minimum Gasteiger partial charge on any atom is -0.290 e. The Morgan fingerprint density at radius 2 is 0.754 bits per heavy atom. The summed E-state index contributed by atoms with van der Waals surface area (Å²) in [5, 5.41) is 5.08. The second-order valence-electron chi connectivity index (χ2n) is 14.9. The van der Waals surface area contributed by atoms with E-state index in [0.29, 0.717) is 23.4 Å². The van der Waals surface area contributed by atoms with Crippen molar-refractivity contribution in [1.29, 1.82) is 0 Å². The van der Waals surface area contributed by atoms with Gasteiger partial charge in [0.05, 0.1) is 22.1 Å². The van der Waals surface area contributed by atoms with Crippen LogP contribution in [0.5, 0.6) is 0 Å². The van der Waals surface area contributed by atoms with E-state index in [0.717, 1.165) is 44.7 Å². The van der Waals surface area contributed by atoms with E-state index >= 15 is 0 Å². The zero-order valence-corrected chi connectivity index (χ0v) is 34.0. The maximum atomic E-state index is 5.38. The Balaban J connectivity index is 1.21. The highest BCUT2D eigenvalue weighted by molar-refractivity contribution is 7.19. The van der Waals surface area contributed by atoms with Gasteiger partial charge >= 0.3 is 0 Å². The molecule has 288 valence electrons. The first-order valence-corrected chi connectivity index (χ1v) is 22.4. The summed E-state index contributed by atoms with van der Waals surface area (Å²) in [6, 6.07) is 78.4. The molecule has 0 saturated heterocycles. The summed E-state index contributed by atoms with van der Waals surface area (Å²) in [5.41, 5.74) is 6.30. The van der Waals surface area contributed by atoms with Gasteiger partial charge in [0.2, 0.25) is 11.8 Å². The average Bonchev–Trinajstić information content (AvgIpc) is 3.93. The van der Waals surface area contributed by atoms with Gasteiger partial charge in [-0.05, 0) is 57.1 Å². The van der Waals surface area contributed by atoms with Crippen molar-refractivity contribution in [3.63, 3.8) is 0 Å². The number of hydrogen-bond donors (Lipinski definition) is 0. The molecule has 0 radical (unpaired) electrons. The molecule has 3 aromatic heterocycles. The number of rotatable bonds is 9. The monoisotopic (exact) mass is 799 g/mol. The molecule has 0 unspecified atom stereocenters. The van der Waals surface area contributed by atoms with Gasteiger partial charge in [-0.1, -0.05) is 188 Å². The van der Waals surface area contributed by atoms with Gasteiger partial charge in [-0.3, -0.25) is 9.13 Å². The topological polar surface area (TPSA) is 74.3 Å². The number of hydrogen-bond acceptors (Lipinski definition) is 5. The molecule has 0 aliphatic rings. The Labute approximate surface area is 354 Å². The molecule has 0 N–H and O–H groups in total. The Morgan fingerprint density at radius 3 is 1.34 bits per heavy atom. The van der Waals surface area contributed by atoms with Crippen LogP contribution in [0.4, 0.5) is 0 Å². The fraction of sp³-hybridized carbons (Fsp3) is 0. The van der Waals surface area contributed by atoms with E-state index in [4.69, 9.17) is 24.9 Å². The van der Waals surface area contributed by atoms with Crippen molar-refractivity contribution in [2.24, 2.45) is 0 Å². The average molecular weight is 800 g/mol. The maximum Gasteiger partial charge on any atom is 0.240 e. The Hall–Kier alpha value is -8.07. The number of nitrogens with zero attached hydrogens (tertiary/aromatic N) is 7. The van der Waals surface area contributed by atoms with E-state index in [1.807, 2.05) is 72.8 Å². The number of imidazole rings is 2. The van der Waals surface area contributed by atoms with Crippen LogP contribution in [0.3, 0.4) is 0 Å². The lowest BCUT2D eigenvalue weighted by atomic mass is 10.2. The van der Waals surface area contributed by atoms with Crippen molar-refractivity contribution in [3.8, 4) is 46.1 Å². The molecule has 0 amide bonds. The van der Waals surface area contributed by atoms with Crippen LogP contribution in [-0.2, 0) is 0 Å². The quantitative estimate of drug-likeness (QED) is 0.108. The molecule has 0 fully saturated rings. The predicted molar refractivity (Wildman–Crippen MR) is 249 cm³/mol. The zero-order valence-electron chi connectivity index (χ0n) is 33.0. The lowest BCUT2D eigenvalue weighted by molar-refractivity contribution is 0.915. The SMILES string of the molecule is c1ccc(-c2nc3ccccc3n2-c2nc(-c3cccc([Si](c4ccccc4)(c4ccccc4)c4ccccc4)c3)nc(-c3nc4ccccc4n3-c3ccccc3)n2)cc1. The minimum absolute atomic E-state index is 0.444. The normalized spacial score (nSPS) is 11.6. The van der Waals surface area contributed by atoms with E-state index in [-0.39, 0.29) is 0 Å². The Bertz CT molecular complexity index is 3200. The van der Waals surface area contributed by atoms with E-state index < -0.39 is 8.07 Å². The third-order valence-corrected chi connectivity index (χ3v) is 16.1. The van der Waals surface area contributed by atoms with Gasteiger partial charge < -0.3 is 0 Å². The molecule has 7 nitrogen and oxygen atoms in total. The van der Waals surface area contributed by atoms with Crippen molar-refractivity contribution in [2.45, 2.75) is 0 Å². The molecule has 0 aliphatic carbocycles.